The molecule has 4 nitrogen and oxygen atoms in total. The standard InChI is InChI=1S/C25H26N2O2/c1-18-7-9-20(10-8-18)15-29-23-12-11-21(14-19(23)2)25(3)16-27(17-25)24(28)22-6-4-5-13-26-22/h4-14H,15-17H2,1-3H3. The largest absolute Gasteiger partial charge is 0.489 e. The second-order valence-corrected chi connectivity index (χ2v) is 8.19. The Hall–Kier alpha value is -3.14. The molecule has 29 heavy (non-hydrogen) atoms. The molecule has 1 aliphatic rings. The molecule has 0 spiro atoms. The Morgan fingerprint density at radius 3 is 2.48 bits per heavy atom. The van der Waals surface area contributed by atoms with Crippen LogP contribution in [-0.4, -0.2) is 28.9 Å². The second-order valence-electron chi connectivity index (χ2n) is 8.19. The van der Waals surface area contributed by atoms with Crippen LogP contribution in [0.1, 0.15) is 39.7 Å². The maximum atomic E-state index is 12.6. The maximum Gasteiger partial charge on any atom is 0.272 e. The smallest absolute Gasteiger partial charge is 0.272 e. The van der Waals surface area contributed by atoms with E-state index in [1.165, 1.54) is 11.1 Å². The van der Waals surface area contributed by atoms with E-state index in [1.54, 1.807) is 12.3 Å². The molecule has 0 N–H and O–H groups in total. The lowest BCUT2D eigenvalue weighted by Gasteiger charge is -2.48. The number of aryl methyl sites for hydroxylation is 2. The minimum absolute atomic E-state index is 0.00199. The number of carbonyl (C=O) groups excluding carboxylic acids is 1. The Balaban J connectivity index is 1.40. The predicted molar refractivity (Wildman–Crippen MR) is 114 cm³/mol. The highest BCUT2D eigenvalue weighted by atomic mass is 16.5. The first kappa shape index (κ1) is 19.2. The van der Waals surface area contributed by atoms with Crippen molar-refractivity contribution < 1.29 is 9.53 Å². The molecule has 0 bridgehead atoms. The van der Waals surface area contributed by atoms with Crippen LogP contribution in [0.25, 0.3) is 0 Å². The van der Waals surface area contributed by atoms with Gasteiger partial charge in [0.15, 0.2) is 0 Å². The Labute approximate surface area is 172 Å². The highest BCUT2D eigenvalue weighted by Gasteiger charge is 2.43. The molecule has 2 aromatic carbocycles. The SMILES string of the molecule is Cc1ccc(COc2ccc(C3(C)CN(C(=O)c4ccccn4)C3)cc2C)cc1. The van der Waals surface area contributed by atoms with Crippen molar-refractivity contribution in [3.8, 4) is 5.75 Å². The molecule has 0 aliphatic carbocycles. The minimum atomic E-state index is -0.0370. The molecule has 3 aromatic rings. The van der Waals surface area contributed by atoms with Gasteiger partial charge in [-0.25, -0.2) is 0 Å². The van der Waals surface area contributed by atoms with E-state index in [4.69, 9.17) is 4.74 Å². The van der Waals surface area contributed by atoms with Crippen LogP contribution in [0.3, 0.4) is 0 Å². The summed E-state index contributed by atoms with van der Waals surface area (Å²) in [6.45, 7) is 8.32. The summed E-state index contributed by atoms with van der Waals surface area (Å²) in [5.41, 5.74) is 5.23. The van der Waals surface area contributed by atoms with E-state index in [0.717, 1.165) is 16.9 Å². The van der Waals surface area contributed by atoms with Crippen LogP contribution >= 0.6 is 0 Å². The molecule has 1 aliphatic heterocycles. The zero-order valence-electron chi connectivity index (χ0n) is 17.2. The summed E-state index contributed by atoms with van der Waals surface area (Å²) in [6.07, 6.45) is 1.66. The predicted octanol–water partition coefficient (Wildman–Crippen LogP) is 4.69. The van der Waals surface area contributed by atoms with E-state index in [9.17, 15) is 4.79 Å². The molecule has 0 radical (unpaired) electrons. The molecule has 1 amide bonds. The lowest BCUT2D eigenvalue weighted by Crippen LogP contribution is -2.59. The van der Waals surface area contributed by atoms with Crippen molar-refractivity contribution in [2.24, 2.45) is 0 Å². The van der Waals surface area contributed by atoms with Crippen molar-refractivity contribution in [2.45, 2.75) is 32.8 Å². The van der Waals surface area contributed by atoms with Gasteiger partial charge in [-0.1, -0.05) is 55.0 Å². The molecule has 0 atom stereocenters. The second kappa shape index (κ2) is 7.70. The van der Waals surface area contributed by atoms with E-state index in [0.29, 0.717) is 25.4 Å². The molecule has 1 fully saturated rings. The van der Waals surface area contributed by atoms with Gasteiger partial charge < -0.3 is 9.64 Å². The monoisotopic (exact) mass is 386 g/mol. The van der Waals surface area contributed by atoms with Crippen LogP contribution in [0.5, 0.6) is 5.75 Å². The molecule has 1 aromatic heterocycles. The van der Waals surface area contributed by atoms with Crippen LogP contribution in [0, 0.1) is 13.8 Å². The van der Waals surface area contributed by atoms with Crippen LogP contribution in [0.2, 0.25) is 0 Å². The lowest BCUT2D eigenvalue weighted by atomic mass is 9.75. The molecule has 2 heterocycles. The van der Waals surface area contributed by atoms with Crippen LogP contribution in [0.4, 0.5) is 0 Å². The van der Waals surface area contributed by atoms with Gasteiger partial charge >= 0.3 is 0 Å². The number of likely N-dealkylation sites (tertiary alicyclic amines) is 1. The fourth-order valence-corrected chi connectivity index (χ4v) is 3.81. The number of amides is 1. The maximum absolute atomic E-state index is 12.6. The summed E-state index contributed by atoms with van der Waals surface area (Å²) in [5, 5.41) is 0. The summed E-state index contributed by atoms with van der Waals surface area (Å²) in [6, 6.07) is 20.2. The number of pyridine rings is 1. The zero-order chi connectivity index (χ0) is 20.4. The first-order valence-corrected chi connectivity index (χ1v) is 9.94. The van der Waals surface area contributed by atoms with Gasteiger partial charge in [0, 0.05) is 24.7 Å². The summed E-state index contributed by atoms with van der Waals surface area (Å²) in [5.74, 6) is 0.900. The summed E-state index contributed by atoms with van der Waals surface area (Å²) in [4.78, 5) is 18.6. The molecule has 1 saturated heterocycles. The van der Waals surface area contributed by atoms with Crippen molar-refractivity contribution in [2.75, 3.05) is 13.1 Å². The average molecular weight is 386 g/mol. The quantitative estimate of drug-likeness (QED) is 0.639. The van der Waals surface area contributed by atoms with Gasteiger partial charge in [0.25, 0.3) is 5.91 Å². The van der Waals surface area contributed by atoms with Crippen molar-refractivity contribution in [1.82, 2.24) is 9.88 Å². The van der Waals surface area contributed by atoms with E-state index < -0.39 is 0 Å². The molecule has 4 rings (SSSR count). The van der Waals surface area contributed by atoms with E-state index in [2.05, 4.69) is 62.2 Å². The van der Waals surface area contributed by atoms with Gasteiger partial charge in [0.1, 0.15) is 18.1 Å². The molecule has 4 heteroatoms. The third-order valence-electron chi connectivity index (χ3n) is 5.64. The van der Waals surface area contributed by atoms with Crippen molar-refractivity contribution >= 4 is 5.91 Å². The molecule has 0 unspecified atom stereocenters. The molecule has 148 valence electrons. The Bertz CT molecular complexity index is 1010. The number of nitrogens with zero attached hydrogens (tertiary/aromatic N) is 2. The Morgan fingerprint density at radius 1 is 1.07 bits per heavy atom. The molecular weight excluding hydrogens is 360 g/mol. The van der Waals surface area contributed by atoms with Crippen LogP contribution < -0.4 is 4.74 Å². The Morgan fingerprint density at radius 2 is 1.83 bits per heavy atom. The number of hydrogen-bond donors (Lipinski definition) is 0. The van der Waals surface area contributed by atoms with Crippen molar-refractivity contribution in [3.63, 3.8) is 0 Å². The first-order chi connectivity index (χ1) is 13.9. The number of benzene rings is 2. The third kappa shape index (κ3) is 4.02. The normalized spacial score (nSPS) is 14.9. The number of rotatable bonds is 5. The van der Waals surface area contributed by atoms with E-state index >= 15 is 0 Å². The number of hydrogen-bond acceptors (Lipinski definition) is 3. The van der Waals surface area contributed by atoms with Gasteiger partial charge in [-0.3, -0.25) is 9.78 Å². The fourth-order valence-electron chi connectivity index (χ4n) is 3.81. The summed E-state index contributed by atoms with van der Waals surface area (Å²) < 4.78 is 6.03. The lowest BCUT2D eigenvalue weighted by molar-refractivity contribution is 0.0427. The van der Waals surface area contributed by atoms with Crippen molar-refractivity contribution in [1.29, 1.82) is 0 Å². The van der Waals surface area contributed by atoms with Gasteiger partial charge in [-0.2, -0.15) is 0 Å². The zero-order valence-corrected chi connectivity index (χ0v) is 17.2. The average Bonchev–Trinajstić information content (AvgIpc) is 2.72. The number of carbonyl (C=O) groups is 1. The minimum Gasteiger partial charge on any atom is -0.489 e. The fraction of sp³-hybridized carbons (Fsp3) is 0.280. The van der Waals surface area contributed by atoms with Crippen molar-refractivity contribution in [3.05, 3.63) is 94.8 Å². The molecular formula is C25H26N2O2. The summed E-state index contributed by atoms with van der Waals surface area (Å²) in [7, 11) is 0. The first-order valence-electron chi connectivity index (χ1n) is 9.94. The van der Waals surface area contributed by atoms with Gasteiger partial charge in [0.2, 0.25) is 0 Å². The number of aromatic nitrogens is 1. The van der Waals surface area contributed by atoms with Crippen LogP contribution in [-0.2, 0) is 12.0 Å². The summed E-state index contributed by atoms with van der Waals surface area (Å²) >= 11 is 0. The van der Waals surface area contributed by atoms with Gasteiger partial charge in [-0.15, -0.1) is 0 Å². The number of ether oxygens (including phenoxy) is 1. The van der Waals surface area contributed by atoms with E-state index in [-0.39, 0.29) is 11.3 Å². The van der Waals surface area contributed by atoms with Gasteiger partial charge in [-0.05, 0) is 48.7 Å². The van der Waals surface area contributed by atoms with E-state index in [1.807, 2.05) is 23.1 Å². The highest BCUT2D eigenvalue weighted by Crippen LogP contribution is 2.36. The van der Waals surface area contributed by atoms with Gasteiger partial charge in [0.05, 0.1) is 0 Å². The topological polar surface area (TPSA) is 42.4 Å². The third-order valence-corrected chi connectivity index (χ3v) is 5.64. The molecule has 0 saturated carbocycles. The Kier molecular flexibility index (Phi) is 5.10. The highest BCUT2D eigenvalue weighted by molar-refractivity contribution is 5.93. The van der Waals surface area contributed by atoms with Crippen LogP contribution in [0.15, 0.2) is 66.9 Å².